The minimum Gasteiger partial charge on any atom is -0.453 e. The van der Waals surface area contributed by atoms with E-state index < -0.39 is 12.1 Å². The van der Waals surface area contributed by atoms with Crippen LogP contribution in [0.5, 0.6) is 0 Å². The van der Waals surface area contributed by atoms with Gasteiger partial charge in [0.05, 0.1) is 26.0 Å². The van der Waals surface area contributed by atoms with Crippen molar-refractivity contribution in [1.82, 2.24) is 20.2 Å². The molecule has 140 valence electrons. The fourth-order valence-corrected chi connectivity index (χ4v) is 3.45. The summed E-state index contributed by atoms with van der Waals surface area (Å²) in [6, 6.07) is -0.839. The zero-order chi connectivity index (χ0) is 18.6. The lowest BCUT2D eigenvalue weighted by Gasteiger charge is -2.30. The molecule has 1 fully saturated rings. The molecule has 9 heteroatoms. The highest BCUT2D eigenvalue weighted by molar-refractivity contribution is 9.10. The highest BCUT2D eigenvalue weighted by Crippen LogP contribution is 2.35. The van der Waals surface area contributed by atoms with Gasteiger partial charge in [-0.05, 0) is 28.3 Å². The number of alkyl carbamates (subject to hydrolysis) is 1. The molecule has 2 heterocycles. The maximum atomic E-state index is 13.1. The van der Waals surface area contributed by atoms with Gasteiger partial charge in [-0.25, -0.2) is 9.78 Å². The molecule has 1 aromatic rings. The predicted octanol–water partition coefficient (Wildman–Crippen LogP) is 2.09. The number of carbonyl (C=O) groups is 2. The van der Waals surface area contributed by atoms with Crippen LogP contribution in [-0.2, 0) is 14.3 Å². The van der Waals surface area contributed by atoms with Crippen LogP contribution in [-0.4, -0.2) is 60.3 Å². The van der Waals surface area contributed by atoms with Crippen molar-refractivity contribution in [2.45, 2.75) is 32.4 Å². The van der Waals surface area contributed by atoms with Gasteiger partial charge < -0.3 is 24.7 Å². The number of ether oxygens (including phenoxy) is 2. The molecule has 0 bridgehead atoms. The van der Waals surface area contributed by atoms with E-state index in [9.17, 15) is 9.59 Å². The molecule has 0 radical (unpaired) electrons. The van der Waals surface area contributed by atoms with Crippen molar-refractivity contribution in [2.24, 2.45) is 11.8 Å². The van der Waals surface area contributed by atoms with E-state index in [4.69, 9.17) is 4.74 Å². The number of aromatic nitrogens is 2. The molecule has 2 rings (SSSR count). The highest BCUT2D eigenvalue weighted by Gasteiger charge is 2.41. The molecular formula is C16H25BrN4O4. The van der Waals surface area contributed by atoms with Crippen LogP contribution in [0, 0.1) is 11.8 Å². The van der Waals surface area contributed by atoms with Crippen molar-refractivity contribution in [3.8, 4) is 0 Å². The van der Waals surface area contributed by atoms with Gasteiger partial charge in [-0.1, -0.05) is 13.8 Å². The fraction of sp³-hybridized carbons (Fsp3) is 0.688. The van der Waals surface area contributed by atoms with Crippen molar-refractivity contribution in [2.75, 3.05) is 27.4 Å². The molecule has 0 aromatic carbocycles. The second kappa shape index (κ2) is 8.66. The largest absolute Gasteiger partial charge is 0.453 e. The summed E-state index contributed by atoms with van der Waals surface area (Å²) in [7, 11) is 2.93. The minimum atomic E-state index is -0.658. The van der Waals surface area contributed by atoms with E-state index >= 15 is 0 Å². The van der Waals surface area contributed by atoms with Crippen LogP contribution in [0.25, 0.3) is 0 Å². The molecule has 2 amide bonds. The minimum absolute atomic E-state index is 0.0722. The van der Waals surface area contributed by atoms with E-state index in [-0.39, 0.29) is 23.8 Å². The van der Waals surface area contributed by atoms with Gasteiger partial charge in [0.2, 0.25) is 5.91 Å². The Hall–Kier alpha value is -1.61. The van der Waals surface area contributed by atoms with Gasteiger partial charge in [0, 0.05) is 19.6 Å². The number of halogens is 1. The van der Waals surface area contributed by atoms with Crippen molar-refractivity contribution in [1.29, 1.82) is 0 Å². The van der Waals surface area contributed by atoms with Crippen molar-refractivity contribution in [3.63, 3.8) is 0 Å². The number of aromatic amines is 1. The van der Waals surface area contributed by atoms with Crippen LogP contribution in [0.15, 0.2) is 10.8 Å². The maximum Gasteiger partial charge on any atom is 0.407 e. The zero-order valence-corrected chi connectivity index (χ0v) is 16.5. The Morgan fingerprint density at radius 2 is 2.20 bits per heavy atom. The first-order valence-electron chi connectivity index (χ1n) is 8.21. The number of amides is 2. The van der Waals surface area contributed by atoms with E-state index in [1.54, 1.807) is 18.2 Å². The average Bonchev–Trinajstić information content (AvgIpc) is 3.18. The molecule has 1 saturated heterocycles. The Morgan fingerprint density at radius 1 is 1.48 bits per heavy atom. The van der Waals surface area contributed by atoms with Gasteiger partial charge in [-0.3, -0.25) is 4.79 Å². The Labute approximate surface area is 155 Å². The number of carbonyl (C=O) groups excluding carboxylic acids is 2. The van der Waals surface area contributed by atoms with Gasteiger partial charge in [0.15, 0.2) is 0 Å². The molecule has 0 aliphatic carbocycles. The Morgan fingerprint density at radius 3 is 2.72 bits per heavy atom. The third kappa shape index (κ3) is 4.72. The van der Waals surface area contributed by atoms with Gasteiger partial charge in [0.25, 0.3) is 0 Å². The topological polar surface area (TPSA) is 96.5 Å². The number of hydrogen-bond donors (Lipinski definition) is 2. The smallest absolute Gasteiger partial charge is 0.407 e. The second-order valence-corrected chi connectivity index (χ2v) is 7.39. The third-order valence-corrected chi connectivity index (χ3v) is 4.75. The lowest BCUT2D eigenvalue weighted by molar-refractivity contribution is -0.135. The van der Waals surface area contributed by atoms with Gasteiger partial charge in [-0.2, -0.15) is 0 Å². The summed E-state index contributed by atoms with van der Waals surface area (Å²) < 4.78 is 10.7. The molecule has 0 unspecified atom stereocenters. The standard InChI is InChI=1S/C16H25BrN4O4/c1-9(2)13(20-16(23)25-4)15(22)21-7-10(8-24-3)5-11(21)14-18-6-12(17)19-14/h6,9-11,13H,5,7-8H2,1-4H3,(H,18,19)(H,20,23)/t10-,11-,13-/m0/s1. The van der Waals surface area contributed by atoms with Crippen LogP contribution >= 0.6 is 15.9 Å². The van der Waals surface area contributed by atoms with E-state index in [0.717, 1.165) is 16.8 Å². The highest BCUT2D eigenvalue weighted by atomic mass is 79.9. The fourth-order valence-electron chi connectivity index (χ4n) is 3.14. The molecule has 0 spiro atoms. The molecule has 3 atom stereocenters. The third-order valence-electron chi connectivity index (χ3n) is 4.34. The summed E-state index contributed by atoms with van der Waals surface area (Å²) in [4.78, 5) is 34.0. The summed E-state index contributed by atoms with van der Waals surface area (Å²) in [5.41, 5.74) is 0. The molecule has 0 saturated carbocycles. The average molecular weight is 417 g/mol. The number of H-pyrrole nitrogens is 1. The molecule has 1 aliphatic heterocycles. The Kier molecular flexibility index (Phi) is 6.83. The summed E-state index contributed by atoms with van der Waals surface area (Å²) in [5.74, 6) is 0.724. The quantitative estimate of drug-likeness (QED) is 0.739. The van der Waals surface area contributed by atoms with Crippen LogP contribution < -0.4 is 5.32 Å². The number of nitrogens with one attached hydrogen (secondary N) is 2. The Balaban J connectivity index is 2.24. The summed E-state index contributed by atoms with van der Waals surface area (Å²) in [6.45, 7) is 4.90. The monoisotopic (exact) mass is 416 g/mol. The van der Waals surface area contributed by atoms with E-state index in [0.29, 0.717) is 13.2 Å². The summed E-state index contributed by atoms with van der Waals surface area (Å²) in [6.07, 6.45) is 1.81. The van der Waals surface area contributed by atoms with Crippen LogP contribution in [0.2, 0.25) is 0 Å². The van der Waals surface area contributed by atoms with Crippen molar-refractivity contribution in [3.05, 3.63) is 16.6 Å². The lowest BCUT2D eigenvalue weighted by Crippen LogP contribution is -2.51. The number of imidazole rings is 1. The van der Waals surface area contributed by atoms with Crippen LogP contribution in [0.4, 0.5) is 4.79 Å². The van der Waals surface area contributed by atoms with Crippen LogP contribution in [0.3, 0.4) is 0 Å². The molecule has 2 N–H and O–H groups in total. The molecule has 1 aromatic heterocycles. The number of nitrogens with zero attached hydrogens (tertiary/aromatic N) is 2. The molecular weight excluding hydrogens is 392 g/mol. The van der Waals surface area contributed by atoms with E-state index in [2.05, 4.69) is 36.0 Å². The first-order chi connectivity index (χ1) is 11.9. The summed E-state index contributed by atoms with van der Waals surface area (Å²) in [5, 5.41) is 2.64. The number of rotatable bonds is 6. The first kappa shape index (κ1) is 19.7. The van der Waals surface area contributed by atoms with Crippen molar-refractivity contribution < 1.29 is 19.1 Å². The number of hydrogen-bond acceptors (Lipinski definition) is 5. The van der Waals surface area contributed by atoms with Gasteiger partial charge in [-0.15, -0.1) is 0 Å². The predicted molar refractivity (Wildman–Crippen MR) is 94.9 cm³/mol. The number of likely N-dealkylation sites (tertiary alicyclic amines) is 1. The van der Waals surface area contributed by atoms with Crippen molar-refractivity contribution >= 4 is 27.9 Å². The SMILES string of the molecule is COC[C@H]1C[C@@H](c2ncc(Br)[nH]2)N(C(=O)[C@@H](NC(=O)OC)C(C)C)C1. The van der Waals surface area contributed by atoms with Gasteiger partial charge >= 0.3 is 6.09 Å². The Bertz CT molecular complexity index is 607. The lowest BCUT2D eigenvalue weighted by atomic mass is 10.0. The van der Waals surface area contributed by atoms with E-state index in [1.165, 1.54) is 7.11 Å². The second-order valence-electron chi connectivity index (χ2n) is 6.54. The normalized spacial score (nSPS) is 21.4. The maximum absolute atomic E-state index is 13.1. The van der Waals surface area contributed by atoms with Gasteiger partial charge in [0.1, 0.15) is 16.5 Å². The molecule has 1 aliphatic rings. The zero-order valence-electron chi connectivity index (χ0n) is 14.9. The van der Waals surface area contributed by atoms with Crippen LogP contribution in [0.1, 0.15) is 32.1 Å². The molecule has 25 heavy (non-hydrogen) atoms. The molecule has 8 nitrogen and oxygen atoms in total. The first-order valence-corrected chi connectivity index (χ1v) is 9.01. The number of methoxy groups -OCH3 is 2. The van der Waals surface area contributed by atoms with E-state index in [1.807, 2.05) is 13.8 Å². The summed E-state index contributed by atoms with van der Waals surface area (Å²) >= 11 is 3.36.